The number of halogens is 2. The molecule has 0 atom stereocenters. The molecule has 112 valence electrons. The Hall–Kier alpha value is -2.24. The highest BCUT2D eigenvalue weighted by atomic mass is 19.1. The lowest BCUT2D eigenvalue weighted by Gasteiger charge is -2.12. The zero-order chi connectivity index (χ0) is 15.7. The first-order valence-corrected chi connectivity index (χ1v) is 6.48. The van der Waals surface area contributed by atoms with Gasteiger partial charge in [0, 0.05) is 12.1 Å². The van der Waals surface area contributed by atoms with Crippen molar-refractivity contribution in [2.24, 2.45) is 0 Å². The molecule has 2 aromatic rings. The van der Waals surface area contributed by atoms with Crippen LogP contribution in [0, 0.1) is 18.6 Å². The first-order valence-electron chi connectivity index (χ1n) is 6.48. The molecule has 0 aliphatic carbocycles. The van der Waals surface area contributed by atoms with E-state index >= 15 is 0 Å². The lowest BCUT2D eigenvalue weighted by atomic mass is 10.0. The number of ether oxygens (including phenoxy) is 1. The Morgan fingerprint density at radius 2 is 1.95 bits per heavy atom. The average Bonchev–Trinajstić information content (AvgIpc) is 2.86. The highest BCUT2D eigenvalue weighted by molar-refractivity contribution is 6.09. The molecular formula is C15H16F2N2O2. The number of benzene rings is 1. The van der Waals surface area contributed by atoms with Crippen LogP contribution in [0.25, 0.3) is 0 Å². The van der Waals surface area contributed by atoms with Crippen LogP contribution in [-0.2, 0) is 0 Å². The molecule has 2 rings (SSSR count). The van der Waals surface area contributed by atoms with Gasteiger partial charge in [-0.2, -0.15) is 5.10 Å². The Bertz CT molecular complexity index is 693. The number of aromatic nitrogens is 2. The maximum atomic E-state index is 13.9. The molecule has 0 N–H and O–H groups in total. The van der Waals surface area contributed by atoms with Crippen LogP contribution in [-0.4, -0.2) is 22.7 Å². The van der Waals surface area contributed by atoms with E-state index in [0.717, 1.165) is 0 Å². The van der Waals surface area contributed by atoms with Crippen molar-refractivity contribution in [2.45, 2.75) is 26.8 Å². The number of carbonyl (C=O) groups excluding carboxylic acids is 1. The molecule has 0 saturated carbocycles. The fraction of sp³-hybridized carbons (Fsp3) is 0.333. The Labute approximate surface area is 121 Å². The van der Waals surface area contributed by atoms with E-state index in [1.54, 1.807) is 0 Å². The van der Waals surface area contributed by atoms with Gasteiger partial charge in [0.05, 0.1) is 18.9 Å². The summed E-state index contributed by atoms with van der Waals surface area (Å²) < 4.78 is 33.8. The largest absolute Gasteiger partial charge is 0.493 e. The van der Waals surface area contributed by atoms with Gasteiger partial charge in [-0.15, -0.1) is 0 Å². The third kappa shape index (κ3) is 2.66. The lowest BCUT2D eigenvalue weighted by Crippen LogP contribution is -2.16. The molecule has 4 nitrogen and oxygen atoms in total. The minimum absolute atomic E-state index is 0.0996. The molecule has 0 bridgehead atoms. The SMILES string of the molecule is COc1cnn(C(C)C)c1C(=O)c1cc(C)c(F)cc1F. The lowest BCUT2D eigenvalue weighted by molar-refractivity contribution is 0.102. The standard InChI is InChI=1S/C15H16F2N2O2/c1-8(2)19-14(13(21-4)7-18-19)15(20)10-5-9(3)11(16)6-12(10)17/h5-8H,1-4H3. The topological polar surface area (TPSA) is 44.1 Å². The first kappa shape index (κ1) is 15.2. The number of carbonyl (C=O) groups is 1. The Kier molecular flexibility index (Phi) is 4.06. The van der Waals surface area contributed by atoms with Gasteiger partial charge in [0.25, 0.3) is 0 Å². The number of methoxy groups -OCH3 is 1. The van der Waals surface area contributed by atoms with Gasteiger partial charge in [0.15, 0.2) is 11.4 Å². The van der Waals surface area contributed by atoms with Crippen molar-refractivity contribution in [3.05, 3.63) is 46.8 Å². The quantitative estimate of drug-likeness (QED) is 0.813. The second kappa shape index (κ2) is 5.63. The van der Waals surface area contributed by atoms with Gasteiger partial charge < -0.3 is 4.74 Å². The normalized spacial score (nSPS) is 11.0. The zero-order valence-corrected chi connectivity index (χ0v) is 12.3. The van der Waals surface area contributed by atoms with Gasteiger partial charge in [0.2, 0.25) is 5.78 Å². The minimum Gasteiger partial charge on any atom is -0.493 e. The molecule has 6 heteroatoms. The zero-order valence-electron chi connectivity index (χ0n) is 12.3. The van der Waals surface area contributed by atoms with E-state index in [9.17, 15) is 13.6 Å². The van der Waals surface area contributed by atoms with Crippen molar-refractivity contribution in [1.29, 1.82) is 0 Å². The number of rotatable bonds is 4. The van der Waals surface area contributed by atoms with Crippen LogP contribution in [0.15, 0.2) is 18.3 Å². The summed E-state index contributed by atoms with van der Waals surface area (Å²) in [4.78, 5) is 12.6. The Morgan fingerprint density at radius 1 is 1.29 bits per heavy atom. The van der Waals surface area contributed by atoms with Crippen molar-refractivity contribution in [1.82, 2.24) is 9.78 Å². The highest BCUT2D eigenvalue weighted by Crippen LogP contribution is 2.26. The third-order valence-electron chi connectivity index (χ3n) is 3.18. The van der Waals surface area contributed by atoms with Gasteiger partial charge >= 0.3 is 0 Å². The first-order chi connectivity index (χ1) is 9.86. The van der Waals surface area contributed by atoms with Gasteiger partial charge in [0.1, 0.15) is 11.6 Å². The fourth-order valence-corrected chi connectivity index (χ4v) is 2.06. The summed E-state index contributed by atoms with van der Waals surface area (Å²) in [5.74, 6) is -1.91. The molecule has 0 saturated heterocycles. The monoisotopic (exact) mass is 294 g/mol. The van der Waals surface area contributed by atoms with E-state index in [0.29, 0.717) is 6.07 Å². The third-order valence-corrected chi connectivity index (χ3v) is 3.18. The summed E-state index contributed by atoms with van der Waals surface area (Å²) in [5.41, 5.74) is 0.154. The number of aryl methyl sites for hydroxylation is 1. The van der Waals surface area contributed by atoms with Crippen LogP contribution in [0.3, 0.4) is 0 Å². The molecular weight excluding hydrogens is 278 g/mol. The molecule has 1 aromatic carbocycles. The van der Waals surface area contributed by atoms with Crippen molar-refractivity contribution in [3.63, 3.8) is 0 Å². The molecule has 0 spiro atoms. The van der Waals surface area contributed by atoms with Crippen molar-refractivity contribution >= 4 is 5.78 Å². The maximum absolute atomic E-state index is 13.9. The van der Waals surface area contributed by atoms with Crippen LogP contribution >= 0.6 is 0 Å². The molecule has 0 aliphatic heterocycles. The highest BCUT2D eigenvalue weighted by Gasteiger charge is 2.25. The molecule has 1 aromatic heterocycles. The van der Waals surface area contributed by atoms with E-state index in [-0.39, 0.29) is 28.6 Å². The predicted molar refractivity (Wildman–Crippen MR) is 73.7 cm³/mol. The van der Waals surface area contributed by atoms with Gasteiger partial charge in [-0.3, -0.25) is 9.48 Å². The maximum Gasteiger partial charge on any atom is 0.217 e. The van der Waals surface area contributed by atoms with Gasteiger partial charge in [-0.05, 0) is 32.4 Å². The molecule has 0 aliphatic rings. The summed E-state index contributed by atoms with van der Waals surface area (Å²) in [5, 5.41) is 4.08. The summed E-state index contributed by atoms with van der Waals surface area (Å²) in [6.45, 7) is 5.16. The Morgan fingerprint density at radius 3 is 2.52 bits per heavy atom. The van der Waals surface area contributed by atoms with Crippen molar-refractivity contribution in [3.8, 4) is 5.75 Å². The van der Waals surface area contributed by atoms with Crippen LogP contribution in [0.2, 0.25) is 0 Å². The van der Waals surface area contributed by atoms with Gasteiger partial charge in [-0.1, -0.05) is 0 Å². The predicted octanol–water partition coefficient (Wildman–Crippen LogP) is 3.29. The van der Waals surface area contributed by atoms with Gasteiger partial charge in [-0.25, -0.2) is 8.78 Å². The Balaban J connectivity index is 2.60. The van der Waals surface area contributed by atoms with E-state index in [1.165, 1.54) is 31.0 Å². The molecule has 1 heterocycles. The van der Waals surface area contributed by atoms with Crippen LogP contribution in [0.4, 0.5) is 8.78 Å². The van der Waals surface area contributed by atoms with E-state index < -0.39 is 17.4 Å². The number of hydrogen-bond donors (Lipinski definition) is 0. The van der Waals surface area contributed by atoms with E-state index in [1.807, 2.05) is 13.8 Å². The fourth-order valence-electron chi connectivity index (χ4n) is 2.06. The summed E-state index contributed by atoms with van der Waals surface area (Å²) in [6, 6.07) is 1.81. The average molecular weight is 294 g/mol. The van der Waals surface area contributed by atoms with Crippen LogP contribution in [0.1, 0.15) is 41.5 Å². The van der Waals surface area contributed by atoms with Crippen molar-refractivity contribution < 1.29 is 18.3 Å². The second-order valence-corrected chi connectivity index (χ2v) is 5.01. The number of nitrogens with zero attached hydrogens (tertiary/aromatic N) is 2. The van der Waals surface area contributed by atoms with E-state index in [2.05, 4.69) is 5.10 Å². The summed E-state index contributed by atoms with van der Waals surface area (Å²) in [7, 11) is 1.41. The molecule has 21 heavy (non-hydrogen) atoms. The van der Waals surface area contributed by atoms with Crippen molar-refractivity contribution in [2.75, 3.05) is 7.11 Å². The van der Waals surface area contributed by atoms with Crippen LogP contribution < -0.4 is 4.74 Å². The molecule has 0 radical (unpaired) electrons. The second-order valence-electron chi connectivity index (χ2n) is 5.01. The minimum atomic E-state index is -0.901. The van der Waals surface area contributed by atoms with Crippen LogP contribution in [0.5, 0.6) is 5.75 Å². The summed E-state index contributed by atoms with van der Waals surface area (Å²) in [6.07, 6.45) is 1.40. The van der Waals surface area contributed by atoms with E-state index in [4.69, 9.17) is 4.74 Å². The smallest absolute Gasteiger partial charge is 0.217 e. The molecule has 0 fully saturated rings. The number of ketones is 1. The molecule has 0 unspecified atom stereocenters. The number of hydrogen-bond acceptors (Lipinski definition) is 3. The molecule has 0 amide bonds. The summed E-state index contributed by atoms with van der Waals surface area (Å²) >= 11 is 0.